The third-order valence-corrected chi connectivity index (χ3v) is 5.46. The van der Waals surface area contributed by atoms with Crippen LogP contribution >= 0.6 is 11.3 Å². The quantitative estimate of drug-likeness (QED) is 0.581. The molecule has 1 aliphatic carbocycles. The number of aryl methyl sites for hydroxylation is 1. The SMILES string of the molecule is CC(C)OC(=O)c1c(NC(=O)C=Cc2ccc(F)cc2)sc2c1CCCC2. The summed E-state index contributed by atoms with van der Waals surface area (Å²) in [5.41, 5.74) is 2.22. The normalized spacial score (nSPS) is 13.6. The summed E-state index contributed by atoms with van der Waals surface area (Å²) in [5.74, 6) is -1.05. The van der Waals surface area contributed by atoms with Gasteiger partial charge in [0.05, 0.1) is 11.7 Å². The van der Waals surface area contributed by atoms with E-state index in [1.54, 1.807) is 32.1 Å². The minimum atomic E-state index is -0.387. The van der Waals surface area contributed by atoms with Crippen LogP contribution in [-0.4, -0.2) is 18.0 Å². The fraction of sp³-hybridized carbons (Fsp3) is 0.333. The van der Waals surface area contributed by atoms with Crippen molar-refractivity contribution in [2.45, 2.75) is 45.6 Å². The zero-order chi connectivity index (χ0) is 19.4. The number of nitrogens with one attached hydrogen (secondary N) is 1. The van der Waals surface area contributed by atoms with Crippen LogP contribution in [0.5, 0.6) is 0 Å². The van der Waals surface area contributed by atoms with Crippen molar-refractivity contribution < 1.29 is 18.7 Å². The number of thiophene rings is 1. The third-order valence-electron chi connectivity index (χ3n) is 4.25. The monoisotopic (exact) mass is 387 g/mol. The van der Waals surface area contributed by atoms with Gasteiger partial charge in [-0.3, -0.25) is 4.79 Å². The van der Waals surface area contributed by atoms with E-state index in [0.29, 0.717) is 10.6 Å². The lowest BCUT2D eigenvalue weighted by atomic mass is 9.95. The molecule has 0 spiro atoms. The van der Waals surface area contributed by atoms with E-state index in [1.165, 1.54) is 29.5 Å². The van der Waals surface area contributed by atoms with E-state index in [2.05, 4.69) is 5.32 Å². The van der Waals surface area contributed by atoms with Crippen molar-refractivity contribution in [2.75, 3.05) is 5.32 Å². The van der Waals surface area contributed by atoms with Crippen LogP contribution in [0.15, 0.2) is 30.3 Å². The van der Waals surface area contributed by atoms with Crippen molar-refractivity contribution in [1.29, 1.82) is 0 Å². The van der Waals surface area contributed by atoms with Gasteiger partial charge in [0.2, 0.25) is 5.91 Å². The van der Waals surface area contributed by atoms with E-state index in [0.717, 1.165) is 41.7 Å². The number of benzene rings is 1. The van der Waals surface area contributed by atoms with Crippen molar-refractivity contribution in [1.82, 2.24) is 0 Å². The summed E-state index contributed by atoms with van der Waals surface area (Å²) in [4.78, 5) is 26.1. The molecule has 1 amide bonds. The second kappa shape index (κ2) is 8.48. The lowest BCUT2D eigenvalue weighted by molar-refractivity contribution is -0.111. The van der Waals surface area contributed by atoms with Crippen LogP contribution in [0.4, 0.5) is 9.39 Å². The number of amides is 1. The highest BCUT2D eigenvalue weighted by Crippen LogP contribution is 2.38. The molecule has 2 aromatic rings. The maximum absolute atomic E-state index is 13.0. The van der Waals surface area contributed by atoms with Crippen LogP contribution in [0.25, 0.3) is 6.08 Å². The zero-order valence-corrected chi connectivity index (χ0v) is 16.2. The summed E-state index contributed by atoms with van der Waals surface area (Å²) in [7, 11) is 0. The van der Waals surface area contributed by atoms with E-state index in [9.17, 15) is 14.0 Å². The largest absolute Gasteiger partial charge is 0.459 e. The first-order chi connectivity index (χ1) is 12.9. The molecule has 0 bridgehead atoms. The molecule has 0 unspecified atom stereocenters. The zero-order valence-electron chi connectivity index (χ0n) is 15.4. The summed E-state index contributed by atoms with van der Waals surface area (Å²) in [6, 6.07) is 5.86. The van der Waals surface area contributed by atoms with Gasteiger partial charge in [0, 0.05) is 11.0 Å². The van der Waals surface area contributed by atoms with Gasteiger partial charge >= 0.3 is 5.97 Å². The van der Waals surface area contributed by atoms with E-state index < -0.39 is 0 Å². The van der Waals surface area contributed by atoms with Crippen LogP contribution < -0.4 is 5.32 Å². The van der Waals surface area contributed by atoms with Crippen LogP contribution in [0.1, 0.15) is 53.1 Å². The summed E-state index contributed by atoms with van der Waals surface area (Å²) >= 11 is 1.45. The smallest absolute Gasteiger partial charge is 0.341 e. The first-order valence-corrected chi connectivity index (χ1v) is 9.86. The Morgan fingerprint density at radius 3 is 2.59 bits per heavy atom. The Kier molecular flexibility index (Phi) is 6.06. The molecule has 0 radical (unpaired) electrons. The first kappa shape index (κ1) is 19.3. The molecule has 1 heterocycles. The topological polar surface area (TPSA) is 55.4 Å². The minimum absolute atomic E-state index is 0.224. The molecular formula is C21H22FNO3S. The van der Waals surface area contributed by atoms with Gasteiger partial charge in [-0.05, 0) is 68.9 Å². The van der Waals surface area contributed by atoms with E-state index in [-0.39, 0.29) is 23.8 Å². The summed E-state index contributed by atoms with van der Waals surface area (Å²) in [6.07, 6.45) is 6.63. The van der Waals surface area contributed by atoms with Crippen LogP contribution in [0.2, 0.25) is 0 Å². The molecular weight excluding hydrogens is 365 g/mol. The van der Waals surface area contributed by atoms with Gasteiger partial charge in [0.25, 0.3) is 0 Å². The average molecular weight is 387 g/mol. The Hall–Kier alpha value is -2.47. The number of carbonyl (C=O) groups is 2. The van der Waals surface area contributed by atoms with Crippen molar-refractivity contribution in [3.8, 4) is 0 Å². The predicted octanol–water partition coefficient (Wildman–Crippen LogP) is 4.98. The van der Waals surface area contributed by atoms with Crippen molar-refractivity contribution in [3.63, 3.8) is 0 Å². The summed E-state index contributed by atoms with van der Waals surface area (Å²) in [6.45, 7) is 3.61. The number of fused-ring (bicyclic) bond motifs is 1. The molecule has 1 aromatic carbocycles. The molecule has 0 fully saturated rings. The molecule has 0 saturated heterocycles. The summed E-state index contributed by atoms with van der Waals surface area (Å²) < 4.78 is 18.3. The summed E-state index contributed by atoms with van der Waals surface area (Å²) in [5, 5.41) is 3.36. The highest BCUT2D eigenvalue weighted by atomic mass is 32.1. The third kappa shape index (κ3) is 4.83. The number of halogens is 1. The lowest BCUT2D eigenvalue weighted by Gasteiger charge is -2.14. The second-order valence-corrected chi connectivity index (χ2v) is 7.85. The van der Waals surface area contributed by atoms with Crippen LogP contribution in [0.3, 0.4) is 0 Å². The van der Waals surface area contributed by atoms with Gasteiger partial charge in [-0.15, -0.1) is 11.3 Å². The van der Waals surface area contributed by atoms with E-state index in [1.807, 2.05) is 0 Å². The molecule has 0 saturated carbocycles. The Morgan fingerprint density at radius 1 is 1.19 bits per heavy atom. The number of esters is 1. The Labute approximate surface area is 162 Å². The molecule has 27 heavy (non-hydrogen) atoms. The number of anilines is 1. The lowest BCUT2D eigenvalue weighted by Crippen LogP contribution is -2.17. The first-order valence-electron chi connectivity index (χ1n) is 9.04. The van der Waals surface area contributed by atoms with Gasteiger partial charge < -0.3 is 10.1 Å². The number of carbonyl (C=O) groups excluding carboxylic acids is 2. The average Bonchev–Trinajstić information content (AvgIpc) is 2.98. The number of hydrogen-bond acceptors (Lipinski definition) is 4. The second-order valence-electron chi connectivity index (χ2n) is 6.74. The molecule has 1 aliphatic rings. The molecule has 4 nitrogen and oxygen atoms in total. The van der Waals surface area contributed by atoms with Gasteiger partial charge in [0.1, 0.15) is 10.8 Å². The maximum Gasteiger partial charge on any atom is 0.341 e. The number of hydrogen-bond donors (Lipinski definition) is 1. The highest BCUT2D eigenvalue weighted by Gasteiger charge is 2.27. The Bertz CT molecular complexity index is 868. The molecule has 1 N–H and O–H groups in total. The van der Waals surface area contributed by atoms with Crippen LogP contribution in [0, 0.1) is 5.82 Å². The Morgan fingerprint density at radius 2 is 1.89 bits per heavy atom. The van der Waals surface area contributed by atoms with Crippen LogP contribution in [-0.2, 0) is 22.4 Å². The maximum atomic E-state index is 13.0. The molecule has 0 atom stereocenters. The molecule has 142 valence electrons. The van der Waals surface area contributed by atoms with Crippen molar-refractivity contribution >= 4 is 34.3 Å². The fourth-order valence-electron chi connectivity index (χ4n) is 3.04. The molecule has 6 heteroatoms. The van der Waals surface area contributed by atoms with Crippen molar-refractivity contribution in [3.05, 3.63) is 57.7 Å². The van der Waals surface area contributed by atoms with E-state index >= 15 is 0 Å². The van der Waals surface area contributed by atoms with Gasteiger partial charge in [-0.2, -0.15) is 0 Å². The van der Waals surface area contributed by atoms with E-state index in [4.69, 9.17) is 4.74 Å². The standard InChI is InChI=1S/C21H22FNO3S/c1-13(2)26-21(25)19-16-5-3-4-6-17(16)27-20(19)23-18(24)12-9-14-7-10-15(22)11-8-14/h7-13H,3-6H2,1-2H3,(H,23,24). The fourth-order valence-corrected chi connectivity index (χ4v) is 4.32. The number of ether oxygens (including phenoxy) is 1. The highest BCUT2D eigenvalue weighted by molar-refractivity contribution is 7.17. The molecule has 1 aromatic heterocycles. The van der Waals surface area contributed by atoms with Gasteiger partial charge in [0.15, 0.2) is 0 Å². The van der Waals surface area contributed by atoms with Crippen molar-refractivity contribution in [2.24, 2.45) is 0 Å². The molecule has 0 aliphatic heterocycles. The molecule has 3 rings (SSSR count). The Balaban J connectivity index is 1.80. The van der Waals surface area contributed by atoms with Gasteiger partial charge in [-0.25, -0.2) is 9.18 Å². The predicted molar refractivity (Wildman–Crippen MR) is 106 cm³/mol. The number of rotatable bonds is 5. The van der Waals surface area contributed by atoms with Gasteiger partial charge in [-0.1, -0.05) is 12.1 Å². The minimum Gasteiger partial charge on any atom is -0.459 e.